The highest BCUT2D eigenvalue weighted by Crippen LogP contribution is 2.34. The van der Waals surface area contributed by atoms with E-state index in [9.17, 15) is 9.18 Å². The van der Waals surface area contributed by atoms with Crippen molar-refractivity contribution in [2.45, 2.75) is 25.7 Å². The van der Waals surface area contributed by atoms with Gasteiger partial charge in [-0.25, -0.2) is 4.39 Å². The quantitative estimate of drug-likeness (QED) is 0.828. The molecule has 2 heterocycles. The Balaban J connectivity index is 1.50. The van der Waals surface area contributed by atoms with Crippen molar-refractivity contribution in [3.05, 3.63) is 53.8 Å². The van der Waals surface area contributed by atoms with Crippen molar-refractivity contribution in [1.82, 2.24) is 0 Å². The molecule has 2 aliphatic rings. The van der Waals surface area contributed by atoms with Crippen LogP contribution in [0.4, 0.5) is 21.5 Å². The Hall–Kier alpha value is -2.69. The summed E-state index contributed by atoms with van der Waals surface area (Å²) in [5.41, 5.74) is 2.86. The number of rotatable bonds is 3. The van der Waals surface area contributed by atoms with E-state index in [1.807, 2.05) is 12.1 Å². The second-order valence-electron chi connectivity index (χ2n) is 7.16. The third-order valence-electron chi connectivity index (χ3n) is 5.15. The molecule has 0 saturated carbocycles. The molecule has 2 atom stereocenters. The largest absolute Gasteiger partial charge is 0.371 e. The minimum absolute atomic E-state index is 0.243. The van der Waals surface area contributed by atoms with Gasteiger partial charge in [0.05, 0.1) is 5.69 Å². The fraction of sp³-hybridized carbons (Fsp3) is 0.333. The zero-order chi connectivity index (χ0) is 18.1. The predicted molar refractivity (Wildman–Crippen MR) is 103 cm³/mol. The summed E-state index contributed by atoms with van der Waals surface area (Å²) in [5.74, 6) is -0.592. The van der Waals surface area contributed by atoms with Gasteiger partial charge in [0, 0.05) is 36.2 Å². The van der Waals surface area contributed by atoms with Crippen molar-refractivity contribution in [3.8, 4) is 0 Å². The number of halogens is 1. The van der Waals surface area contributed by atoms with Gasteiger partial charge < -0.3 is 10.2 Å². The van der Waals surface area contributed by atoms with Crippen LogP contribution >= 0.6 is 0 Å². The minimum Gasteiger partial charge on any atom is -0.371 e. The first-order valence-corrected chi connectivity index (χ1v) is 9.10. The summed E-state index contributed by atoms with van der Waals surface area (Å²) in [6.07, 6.45) is 4.05. The molecule has 2 aromatic rings. The molecule has 1 fully saturated rings. The van der Waals surface area contributed by atoms with Crippen LogP contribution in [0.1, 0.15) is 31.2 Å². The fourth-order valence-electron chi connectivity index (χ4n) is 3.78. The van der Waals surface area contributed by atoms with Crippen LogP contribution in [0, 0.1) is 11.7 Å². The third kappa shape index (κ3) is 3.21. The Morgan fingerprint density at radius 2 is 2.04 bits per heavy atom. The summed E-state index contributed by atoms with van der Waals surface area (Å²) < 4.78 is 14.1. The van der Waals surface area contributed by atoms with E-state index in [1.165, 1.54) is 30.8 Å². The minimum atomic E-state index is -0.686. The maximum Gasteiger partial charge on any atom is 0.237 e. The van der Waals surface area contributed by atoms with Crippen molar-refractivity contribution in [1.29, 1.82) is 0 Å². The second kappa shape index (κ2) is 6.90. The average molecular weight is 351 g/mol. The van der Waals surface area contributed by atoms with E-state index in [-0.39, 0.29) is 11.7 Å². The molecule has 1 N–H and O–H groups in total. The number of amides is 1. The van der Waals surface area contributed by atoms with Gasteiger partial charge >= 0.3 is 0 Å². The maximum atomic E-state index is 14.1. The van der Waals surface area contributed by atoms with Crippen LogP contribution in [0.2, 0.25) is 0 Å². The number of piperidine rings is 1. The Kier molecular flexibility index (Phi) is 4.45. The van der Waals surface area contributed by atoms with Crippen LogP contribution < -0.4 is 10.2 Å². The molecule has 1 amide bonds. The summed E-state index contributed by atoms with van der Waals surface area (Å²) in [6, 6.07) is 12.7. The first kappa shape index (κ1) is 16.8. The van der Waals surface area contributed by atoms with Gasteiger partial charge in [0.15, 0.2) is 0 Å². The fourth-order valence-corrected chi connectivity index (χ4v) is 3.78. The van der Waals surface area contributed by atoms with Crippen LogP contribution in [0.15, 0.2) is 47.5 Å². The number of nitrogens with zero attached hydrogens (tertiary/aromatic N) is 2. The number of hydrogen-bond donors (Lipinski definition) is 1. The monoisotopic (exact) mass is 351 g/mol. The highest BCUT2D eigenvalue weighted by molar-refractivity contribution is 6.12. The lowest BCUT2D eigenvalue weighted by Gasteiger charge is -2.32. The van der Waals surface area contributed by atoms with Crippen LogP contribution in [-0.2, 0) is 4.79 Å². The normalized spacial score (nSPS) is 22.5. The lowest BCUT2D eigenvalue weighted by atomic mass is 10.00. The molecular weight excluding hydrogens is 329 g/mol. The lowest BCUT2D eigenvalue weighted by molar-refractivity contribution is -0.115. The smallest absolute Gasteiger partial charge is 0.237 e. The Morgan fingerprint density at radius 3 is 2.81 bits per heavy atom. The lowest BCUT2D eigenvalue weighted by Crippen LogP contribution is -2.34. The summed E-state index contributed by atoms with van der Waals surface area (Å²) >= 11 is 0. The number of carbonyl (C=O) groups is 1. The Morgan fingerprint density at radius 1 is 1.23 bits per heavy atom. The molecule has 0 bridgehead atoms. The van der Waals surface area contributed by atoms with Gasteiger partial charge in [-0.3, -0.25) is 9.79 Å². The van der Waals surface area contributed by atoms with E-state index < -0.39 is 5.92 Å². The Labute approximate surface area is 152 Å². The number of benzene rings is 2. The van der Waals surface area contributed by atoms with E-state index in [0.717, 1.165) is 24.7 Å². The molecule has 1 saturated heterocycles. The topological polar surface area (TPSA) is 44.7 Å². The summed E-state index contributed by atoms with van der Waals surface area (Å²) in [4.78, 5) is 18.9. The van der Waals surface area contributed by atoms with Crippen LogP contribution in [-0.4, -0.2) is 25.2 Å². The number of nitrogens with one attached hydrogen (secondary N) is 1. The number of carbonyl (C=O) groups excluding carboxylic acids is 1. The van der Waals surface area contributed by atoms with Gasteiger partial charge in [-0.1, -0.05) is 13.0 Å². The maximum absolute atomic E-state index is 14.1. The molecule has 0 spiro atoms. The van der Waals surface area contributed by atoms with Gasteiger partial charge in [-0.2, -0.15) is 0 Å². The molecular formula is C21H22FN3O. The molecule has 134 valence electrons. The van der Waals surface area contributed by atoms with Gasteiger partial charge in [0.1, 0.15) is 11.7 Å². The molecule has 2 aromatic carbocycles. The van der Waals surface area contributed by atoms with E-state index in [0.29, 0.717) is 11.3 Å². The molecule has 4 rings (SSSR count). The van der Waals surface area contributed by atoms with Crippen LogP contribution in [0.3, 0.4) is 0 Å². The SMILES string of the molecule is CC1CCCN(c2ccc(N=CC3C(=O)Nc4cccc(F)c43)cc2)C1. The summed E-state index contributed by atoms with van der Waals surface area (Å²) in [6.45, 7) is 4.46. The van der Waals surface area contributed by atoms with Gasteiger partial charge in [-0.15, -0.1) is 0 Å². The van der Waals surface area contributed by atoms with Crippen LogP contribution in [0.5, 0.6) is 0 Å². The van der Waals surface area contributed by atoms with E-state index in [1.54, 1.807) is 12.1 Å². The molecule has 0 aromatic heterocycles. The molecule has 2 unspecified atom stereocenters. The number of aliphatic imine (C=N–C) groups is 1. The number of anilines is 2. The highest BCUT2D eigenvalue weighted by atomic mass is 19.1. The Bertz CT molecular complexity index is 847. The third-order valence-corrected chi connectivity index (χ3v) is 5.15. The van der Waals surface area contributed by atoms with Crippen molar-refractivity contribution in [3.63, 3.8) is 0 Å². The molecule has 0 aliphatic carbocycles. The highest BCUT2D eigenvalue weighted by Gasteiger charge is 2.31. The van der Waals surface area contributed by atoms with E-state index in [2.05, 4.69) is 34.3 Å². The van der Waals surface area contributed by atoms with Gasteiger partial charge in [0.25, 0.3) is 0 Å². The first-order valence-electron chi connectivity index (χ1n) is 9.10. The number of fused-ring (bicyclic) bond motifs is 1. The summed E-state index contributed by atoms with van der Waals surface area (Å²) in [7, 11) is 0. The zero-order valence-electron chi connectivity index (χ0n) is 14.8. The van der Waals surface area contributed by atoms with Crippen molar-refractivity contribution in [2.24, 2.45) is 10.9 Å². The van der Waals surface area contributed by atoms with Gasteiger partial charge in [0.2, 0.25) is 5.91 Å². The molecule has 0 radical (unpaired) electrons. The summed E-state index contributed by atoms with van der Waals surface area (Å²) in [5, 5.41) is 2.70. The van der Waals surface area contributed by atoms with Crippen LogP contribution in [0.25, 0.3) is 0 Å². The number of hydrogen-bond acceptors (Lipinski definition) is 3. The van der Waals surface area contributed by atoms with Gasteiger partial charge in [-0.05, 0) is 55.2 Å². The standard InChI is InChI=1S/C21H22FN3O/c1-14-4-3-11-25(13-14)16-9-7-15(8-10-16)23-12-17-20-18(22)5-2-6-19(20)24-21(17)26/h2,5-10,12,14,17H,3-4,11,13H2,1H3,(H,24,26). The zero-order valence-corrected chi connectivity index (χ0v) is 14.8. The van der Waals surface area contributed by atoms with Crippen molar-refractivity contribution in [2.75, 3.05) is 23.3 Å². The van der Waals surface area contributed by atoms with E-state index >= 15 is 0 Å². The molecule has 2 aliphatic heterocycles. The predicted octanol–water partition coefficient (Wildman–Crippen LogP) is 4.50. The first-order chi connectivity index (χ1) is 12.6. The van der Waals surface area contributed by atoms with Crippen molar-refractivity contribution >= 4 is 29.2 Å². The van der Waals surface area contributed by atoms with E-state index in [4.69, 9.17) is 0 Å². The van der Waals surface area contributed by atoms with Crippen molar-refractivity contribution < 1.29 is 9.18 Å². The molecule has 26 heavy (non-hydrogen) atoms. The molecule has 4 nitrogen and oxygen atoms in total. The second-order valence-corrected chi connectivity index (χ2v) is 7.16. The average Bonchev–Trinajstić information content (AvgIpc) is 2.97. The molecule has 5 heteroatoms.